The second-order valence-electron chi connectivity index (χ2n) is 8.30. The average Bonchev–Trinajstić information content (AvgIpc) is 2.49. The summed E-state index contributed by atoms with van der Waals surface area (Å²) < 4.78 is 0. The molecule has 2 aliphatic rings. The van der Waals surface area contributed by atoms with Crippen LogP contribution in [0.5, 0.6) is 0 Å². The maximum Gasteiger partial charge on any atom is 0.309 e. The summed E-state index contributed by atoms with van der Waals surface area (Å²) in [7, 11) is 0. The van der Waals surface area contributed by atoms with E-state index in [0.717, 1.165) is 24.0 Å². The first-order valence-electron chi connectivity index (χ1n) is 8.76. The second kappa shape index (κ2) is 5.34. The minimum absolute atomic E-state index is 0.0198. The van der Waals surface area contributed by atoms with Crippen molar-refractivity contribution in [3.05, 3.63) is 34.9 Å². The van der Waals surface area contributed by atoms with Crippen LogP contribution in [0, 0.1) is 11.3 Å². The molecule has 3 heteroatoms. The van der Waals surface area contributed by atoms with E-state index in [1.807, 2.05) is 6.92 Å². The van der Waals surface area contributed by atoms with Gasteiger partial charge in [-0.15, -0.1) is 0 Å². The molecule has 1 aromatic carbocycles. The van der Waals surface area contributed by atoms with E-state index < -0.39 is 17.5 Å². The normalized spacial score (nSPS) is 36.4. The molecule has 0 spiro atoms. The first-order chi connectivity index (χ1) is 10.7. The van der Waals surface area contributed by atoms with E-state index in [4.69, 9.17) is 0 Å². The molecule has 1 aromatic rings. The molecular weight excluding hydrogens is 288 g/mol. The van der Waals surface area contributed by atoms with Crippen molar-refractivity contribution in [2.24, 2.45) is 11.3 Å². The van der Waals surface area contributed by atoms with Gasteiger partial charge in [-0.2, -0.15) is 0 Å². The van der Waals surface area contributed by atoms with Crippen LogP contribution in [0.25, 0.3) is 0 Å². The largest absolute Gasteiger partial charge is 0.481 e. The SMILES string of the molecule is CC(C)c1ccc2c(c1)[C@H](O)CC1[C@@](C)(C(=O)O)CCC[C@]21C. The predicted molar refractivity (Wildman–Crippen MR) is 90.5 cm³/mol. The van der Waals surface area contributed by atoms with Crippen molar-refractivity contribution < 1.29 is 15.0 Å². The molecule has 0 amide bonds. The van der Waals surface area contributed by atoms with Crippen molar-refractivity contribution in [1.82, 2.24) is 0 Å². The molecule has 0 radical (unpaired) electrons. The molecule has 3 rings (SSSR count). The van der Waals surface area contributed by atoms with Gasteiger partial charge in [0.15, 0.2) is 0 Å². The molecule has 0 saturated heterocycles. The molecule has 0 aromatic heterocycles. The molecular formula is C20H28O3. The summed E-state index contributed by atoms with van der Waals surface area (Å²) >= 11 is 0. The van der Waals surface area contributed by atoms with Gasteiger partial charge in [0.25, 0.3) is 0 Å². The number of aliphatic hydroxyl groups excluding tert-OH is 1. The standard InChI is InChI=1S/C20H28O3/c1-12(2)13-6-7-15-14(10-13)16(21)11-17-19(15,3)8-5-9-20(17,4)18(22)23/h6-7,10,12,16-17,21H,5,8-9,11H2,1-4H3,(H,22,23)/t16-,17?,19-,20+/m1/s1. The van der Waals surface area contributed by atoms with Gasteiger partial charge >= 0.3 is 5.97 Å². The number of benzene rings is 1. The number of hydrogen-bond acceptors (Lipinski definition) is 2. The fraction of sp³-hybridized carbons (Fsp3) is 0.650. The highest BCUT2D eigenvalue weighted by molar-refractivity contribution is 5.75. The van der Waals surface area contributed by atoms with Gasteiger partial charge in [0.2, 0.25) is 0 Å². The van der Waals surface area contributed by atoms with Gasteiger partial charge in [0, 0.05) is 0 Å². The molecule has 1 unspecified atom stereocenters. The molecule has 1 saturated carbocycles. The Kier molecular flexibility index (Phi) is 3.83. The van der Waals surface area contributed by atoms with E-state index in [2.05, 4.69) is 39.0 Å². The molecule has 0 heterocycles. The third-order valence-electron chi connectivity index (χ3n) is 6.59. The number of aliphatic hydroxyl groups is 1. The van der Waals surface area contributed by atoms with Crippen LogP contribution >= 0.6 is 0 Å². The number of carboxylic acid groups (broad SMARTS) is 1. The molecule has 126 valence electrons. The number of rotatable bonds is 2. The highest BCUT2D eigenvalue weighted by Gasteiger charge is 2.56. The lowest BCUT2D eigenvalue weighted by molar-refractivity contribution is -0.159. The van der Waals surface area contributed by atoms with Gasteiger partial charge in [0.1, 0.15) is 0 Å². The first-order valence-corrected chi connectivity index (χ1v) is 8.76. The zero-order chi connectivity index (χ0) is 17.0. The summed E-state index contributed by atoms with van der Waals surface area (Å²) in [6, 6.07) is 6.43. The maximum atomic E-state index is 12.0. The molecule has 0 bridgehead atoms. The van der Waals surface area contributed by atoms with Crippen LogP contribution in [0.4, 0.5) is 0 Å². The summed E-state index contributed by atoms with van der Waals surface area (Å²) in [5.41, 5.74) is 2.52. The third-order valence-corrected chi connectivity index (χ3v) is 6.59. The third kappa shape index (κ3) is 2.32. The number of carbonyl (C=O) groups is 1. The Bertz CT molecular complexity index is 636. The van der Waals surface area contributed by atoms with E-state index in [1.165, 1.54) is 5.56 Å². The lowest BCUT2D eigenvalue weighted by Gasteiger charge is -2.54. The molecule has 4 atom stereocenters. The number of aliphatic carboxylic acids is 1. The van der Waals surface area contributed by atoms with E-state index in [-0.39, 0.29) is 11.3 Å². The molecule has 2 aliphatic carbocycles. The second-order valence-corrected chi connectivity index (χ2v) is 8.30. The summed E-state index contributed by atoms with van der Waals surface area (Å²) in [6.07, 6.45) is 2.62. The van der Waals surface area contributed by atoms with E-state index in [1.54, 1.807) is 0 Å². The van der Waals surface area contributed by atoms with Gasteiger partial charge in [-0.05, 0) is 60.1 Å². The van der Waals surface area contributed by atoms with E-state index >= 15 is 0 Å². The molecule has 1 fully saturated rings. The Balaban J connectivity index is 2.14. The Morgan fingerprint density at radius 2 is 1.96 bits per heavy atom. The Labute approximate surface area is 138 Å². The van der Waals surface area contributed by atoms with Crippen molar-refractivity contribution in [2.45, 2.75) is 70.8 Å². The van der Waals surface area contributed by atoms with Gasteiger partial charge in [-0.1, -0.05) is 45.4 Å². The van der Waals surface area contributed by atoms with Crippen molar-refractivity contribution in [3.63, 3.8) is 0 Å². The zero-order valence-electron chi connectivity index (χ0n) is 14.6. The van der Waals surface area contributed by atoms with Crippen LogP contribution in [0.15, 0.2) is 18.2 Å². The number of fused-ring (bicyclic) bond motifs is 3. The Morgan fingerprint density at radius 3 is 2.57 bits per heavy atom. The van der Waals surface area contributed by atoms with Gasteiger partial charge in [0.05, 0.1) is 11.5 Å². The van der Waals surface area contributed by atoms with Gasteiger partial charge < -0.3 is 10.2 Å². The molecule has 23 heavy (non-hydrogen) atoms. The van der Waals surface area contributed by atoms with Gasteiger partial charge in [-0.3, -0.25) is 4.79 Å². The maximum absolute atomic E-state index is 12.0. The fourth-order valence-electron chi connectivity index (χ4n) is 5.06. The minimum atomic E-state index is -0.748. The van der Waals surface area contributed by atoms with Crippen molar-refractivity contribution in [2.75, 3.05) is 0 Å². The van der Waals surface area contributed by atoms with Crippen molar-refractivity contribution in [3.8, 4) is 0 Å². The Morgan fingerprint density at radius 1 is 1.26 bits per heavy atom. The smallest absolute Gasteiger partial charge is 0.309 e. The van der Waals surface area contributed by atoms with Crippen LogP contribution in [0.2, 0.25) is 0 Å². The fourth-order valence-corrected chi connectivity index (χ4v) is 5.06. The summed E-state index contributed by atoms with van der Waals surface area (Å²) in [5.74, 6) is -0.315. The topological polar surface area (TPSA) is 57.5 Å². The summed E-state index contributed by atoms with van der Waals surface area (Å²) in [5, 5.41) is 20.6. The van der Waals surface area contributed by atoms with Gasteiger partial charge in [-0.25, -0.2) is 0 Å². The summed E-state index contributed by atoms with van der Waals surface area (Å²) in [6.45, 7) is 8.39. The highest BCUT2D eigenvalue weighted by atomic mass is 16.4. The minimum Gasteiger partial charge on any atom is -0.481 e. The van der Waals surface area contributed by atoms with Crippen molar-refractivity contribution >= 4 is 5.97 Å². The summed E-state index contributed by atoms with van der Waals surface area (Å²) in [4.78, 5) is 12.0. The number of hydrogen-bond donors (Lipinski definition) is 2. The van der Waals surface area contributed by atoms with Crippen molar-refractivity contribution in [1.29, 1.82) is 0 Å². The van der Waals surface area contributed by atoms with Crippen LogP contribution in [-0.4, -0.2) is 16.2 Å². The van der Waals surface area contributed by atoms with Crippen LogP contribution in [0.1, 0.15) is 82.1 Å². The lowest BCUT2D eigenvalue weighted by atomic mass is 9.49. The molecule has 2 N–H and O–H groups in total. The zero-order valence-corrected chi connectivity index (χ0v) is 14.6. The molecule has 3 nitrogen and oxygen atoms in total. The van der Waals surface area contributed by atoms with E-state index in [0.29, 0.717) is 18.8 Å². The first kappa shape index (κ1) is 16.5. The monoisotopic (exact) mass is 316 g/mol. The Hall–Kier alpha value is -1.35. The molecule has 0 aliphatic heterocycles. The lowest BCUT2D eigenvalue weighted by Crippen LogP contribution is -2.53. The number of carboxylic acids is 1. The van der Waals surface area contributed by atoms with Crippen LogP contribution in [-0.2, 0) is 10.2 Å². The predicted octanol–water partition coefficient (Wildman–Crippen LogP) is 4.40. The van der Waals surface area contributed by atoms with Crippen LogP contribution in [0.3, 0.4) is 0 Å². The highest BCUT2D eigenvalue weighted by Crippen LogP contribution is 2.59. The average molecular weight is 316 g/mol. The quantitative estimate of drug-likeness (QED) is 0.850. The van der Waals surface area contributed by atoms with E-state index in [9.17, 15) is 15.0 Å². The van der Waals surface area contributed by atoms with Crippen LogP contribution < -0.4 is 0 Å².